The highest BCUT2D eigenvalue weighted by atomic mass is 16.7. The van der Waals surface area contributed by atoms with E-state index in [-0.39, 0.29) is 16.0 Å². The number of hydrogen-bond acceptors (Lipinski definition) is 21. The van der Waals surface area contributed by atoms with E-state index in [0.29, 0.717) is 0 Å². The molecule has 0 saturated carbocycles. The predicted octanol–water partition coefficient (Wildman–Crippen LogP) is -7.11. The average molecular weight is 899 g/mol. The molecule has 25 heteroatoms. The molecule has 1 fully saturated rings. The molecule has 63 heavy (non-hydrogen) atoms. The SMILES string of the molecule is CC(C)C(C(=O)NC(CC(O)C(CNC(=O)COc1c(C(O)(O)O)cccc1C(O)(O)O)C(O)(O)c1ccccc1)C(O)(O)c1ccccc1)N1C(=O)NC(O)(O)C(O)(O)C1(O)O. The summed E-state index contributed by atoms with van der Waals surface area (Å²) in [6.45, 7) is 0.227. The maximum absolute atomic E-state index is 14.1. The van der Waals surface area contributed by atoms with Gasteiger partial charge in [0.2, 0.25) is 11.7 Å². The third-order valence-electron chi connectivity index (χ3n) is 10.2. The molecule has 1 aliphatic heterocycles. The first-order valence-electron chi connectivity index (χ1n) is 18.6. The number of benzene rings is 3. The molecule has 0 radical (unpaired) electrons. The summed E-state index contributed by atoms with van der Waals surface area (Å²) in [6.07, 6.45) is -3.37. The van der Waals surface area contributed by atoms with Crippen LogP contribution in [0.5, 0.6) is 5.75 Å². The van der Waals surface area contributed by atoms with Crippen LogP contribution in [0.1, 0.15) is 42.5 Å². The number of para-hydroxylation sites is 1. The highest BCUT2D eigenvalue weighted by molar-refractivity contribution is 5.88. The van der Waals surface area contributed by atoms with Crippen LogP contribution in [0.25, 0.3) is 0 Å². The summed E-state index contributed by atoms with van der Waals surface area (Å²) < 4.78 is 5.19. The van der Waals surface area contributed by atoms with E-state index in [2.05, 4.69) is 10.6 Å². The van der Waals surface area contributed by atoms with Gasteiger partial charge in [-0.1, -0.05) is 80.6 Å². The smallest absolute Gasteiger partial charge is 0.326 e. The zero-order valence-electron chi connectivity index (χ0n) is 33.2. The molecule has 3 aromatic rings. The molecule has 4 atom stereocenters. The van der Waals surface area contributed by atoms with E-state index in [1.165, 1.54) is 67.7 Å². The lowest BCUT2D eigenvalue weighted by Gasteiger charge is -2.53. The van der Waals surface area contributed by atoms with Crippen molar-refractivity contribution < 1.29 is 106 Å². The summed E-state index contributed by atoms with van der Waals surface area (Å²) in [5.74, 6) is -33.8. The van der Waals surface area contributed by atoms with Crippen LogP contribution in [0.4, 0.5) is 4.79 Å². The number of ether oxygens (including phenoxy) is 1. The Balaban J connectivity index is 1.72. The van der Waals surface area contributed by atoms with E-state index >= 15 is 0 Å². The minimum absolute atomic E-state index is 0.295. The number of nitrogens with zero attached hydrogens (tertiary/aromatic N) is 1. The van der Waals surface area contributed by atoms with Crippen LogP contribution >= 0.6 is 0 Å². The maximum Gasteiger partial charge on any atom is 0.326 e. The molecule has 0 aliphatic carbocycles. The zero-order chi connectivity index (χ0) is 47.7. The van der Waals surface area contributed by atoms with Crippen molar-refractivity contribution in [3.8, 4) is 5.75 Å². The third-order valence-corrected chi connectivity index (χ3v) is 10.2. The molecule has 4 unspecified atom stereocenters. The quantitative estimate of drug-likeness (QED) is 0.0527. The Hall–Kier alpha value is -5.01. The maximum atomic E-state index is 14.1. The summed E-state index contributed by atoms with van der Waals surface area (Å²) >= 11 is 0. The number of urea groups is 1. The second-order valence-electron chi connectivity index (χ2n) is 15.2. The van der Waals surface area contributed by atoms with Crippen LogP contribution in [-0.2, 0) is 33.1 Å². The van der Waals surface area contributed by atoms with Crippen molar-refractivity contribution in [2.24, 2.45) is 11.8 Å². The monoisotopic (exact) mass is 898 g/mol. The molecule has 0 bridgehead atoms. The van der Waals surface area contributed by atoms with Crippen molar-refractivity contribution in [3.05, 3.63) is 101 Å². The molecule has 20 N–H and O–H groups in total. The predicted molar refractivity (Wildman–Crippen MR) is 203 cm³/mol. The van der Waals surface area contributed by atoms with E-state index in [0.717, 1.165) is 30.3 Å². The van der Waals surface area contributed by atoms with Gasteiger partial charge in [0.1, 0.15) is 11.8 Å². The van der Waals surface area contributed by atoms with Gasteiger partial charge < -0.3 is 102 Å². The Morgan fingerprint density at radius 1 is 0.730 bits per heavy atom. The molecule has 1 saturated heterocycles. The number of carbonyl (C=O) groups excluding carboxylic acids is 3. The molecule has 348 valence electrons. The van der Waals surface area contributed by atoms with Crippen LogP contribution in [0.15, 0.2) is 78.9 Å². The van der Waals surface area contributed by atoms with Gasteiger partial charge >= 0.3 is 35.6 Å². The van der Waals surface area contributed by atoms with Crippen molar-refractivity contribution in [3.63, 3.8) is 0 Å². The van der Waals surface area contributed by atoms with E-state index in [4.69, 9.17) is 4.74 Å². The molecule has 0 aromatic heterocycles. The highest BCUT2D eigenvalue weighted by Gasteiger charge is 2.72. The second kappa shape index (κ2) is 18.2. The Kier molecular flexibility index (Phi) is 14.7. The minimum atomic E-state index is -4.42. The number of carbonyl (C=O) groups is 3. The van der Waals surface area contributed by atoms with Gasteiger partial charge in [0.25, 0.3) is 5.91 Å². The minimum Gasteiger partial charge on any atom is -0.483 e. The number of aliphatic hydroxyl groups is 17. The molecule has 4 amide bonds. The van der Waals surface area contributed by atoms with Crippen molar-refractivity contribution in [2.75, 3.05) is 13.2 Å². The van der Waals surface area contributed by atoms with Gasteiger partial charge in [0.05, 0.1) is 29.2 Å². The van der Waals surface area contributed by atoms with Crippen LogP contribution < -0.4 is 20.7 Å². The summed E-state index contributed by atoms with van der Waals surface area (Å²) in [5.41, 5.74) is -2.64. The van der Waals surface area contributed by atoms with E-state index < -0.39 is 125 Å². The fourth-order valence-corrected chi connectivity index (χ4v) is 6.83. The van der Waals surface area contributed by atoms with Gasteiger partial charge in [0, 0.05) is 17.7 Å². The number of rotatable bonds is 18. The number of nitrogens with one attached hydrogen (secondary N) is 3. The van der Waals surface area contributed by atoms with Gasteiger partial charge in [-0.15, -0.1) is 0 Å². The first-order chi connectivity index (χ1) is 28.8. The van der Waals surface area contributed by atoms with Crippen molar-refractivity contribution in [1.29, 1.82) is 0 Å². The number of aliphatic hydroxyl groups excluding tert-OH is 1. The first kappa shape index (κ1) is 50.6. The highest BCUT2D eigenvalue weighted by Crippen LogP contribution is 2.38. The van der Waals surface area contributed by atoms with Gasteiger partial charge in [-0.2, -0.15) is 0 Å². The molecule has 1 aliphatic rings. The molecule has 3 aromatic carbocycles. The first-order valence-corrected chi connectivity index (χ1v) is 18.6. The van der Waals surface area contributed by atoms with Crippen LogP contribution in [0.3, 0.4) is 0 Å². The third kappa shape index (κ3) is 10.5. The average Bonchev–Trinajstić information content (AvgIpc) is 3.17. The normalized spacial score (nSPS) is 18.5. The van der Waals surface area contributed by atoms with E-state index in [1.807, 2.05) is 0 Å². The van der Waals surface area contributed by atoms with Crippen LogP contribution in [0.2, 0.25) is 0 Å². The Morgan fingerprint density at radius 3 is 1.67 bits per heavy atom. The molecular weight excluding hydrogens is 848 g/mol. The fourth-order valence-electron chi connectivity index (χ4n) is 6.83. The summed E-state index contributed by atoms with van der Waals surface area (Å²) in [6, 6.07) is 9.20. The van der Waals surface area contributed by atoms with E-state index in [9.17, 15) is 101 Å². The molecule has 0 spiro atoms. The van der Waals surface area contributed by atoms with Crippen molar-refractivity contribution in [2.45, 2.75) is 79.6 Å². The van der Waals surface area contributed by atoms with Gasteiger partial charge in [-0.3, -0.25) is 19.8 Å². The van der Waals surface area contributed by atoms with Crippen molar-refractivity contribution in [1.82, 2.24) is 20.9 Å². The molecular formula is C38H50N4O21. The van der Waals surface area contributed by atoms with Crippen LogP contribution in [0, 0.1) is 11.8 Å². The number of amides is 4. The fraction of sp³-hybridized carbons (Fsp3) is 0.447. The largest absolute Gasteiger partial charge is 0.483 e. The molecule has 1 heterocycles. The summed E-state index contributed by atoms with van der Waals surface area (Å²) in [4.78, 5) is 40.0. The van der Waals surface area contributed by atoms with Gasteiger partial charge in [-0.25, -0.2) is 4.79 Å². The Labute approximate surface area is 355 Å². The summed E-state index contributed by atoms with van der Waals surface area (Å²) in [5, 5.41) is 184. The lowest BCUT2D eigenvalue weighted by Crippen LogP contribution is -2.86. The lowest BCUT2D eigenvalue weighted by atomic mass is 9.82. The molecule has 4 rings (SSSR count). The summed E-state index contributed by atoms with van der Waals surface area (Å²) in [7, 11) is 0. The standard InChI is InChI=1S/C38H50N4O21/c1-19(2)28(42-31(46)41-37(59,60)36(57,58)38(42,61)62)30(45)40-26(33(49,50)21-12-7-4-8-13-21)16-25(43)24(32(47,48)20-10-5-3-6-11-20)17-39-27(44)18-63-29-22(34(51,52)53)14-9-15-23(29)35(54,55)56/h3-15,19,24-26,28,43,47-62H,16-18H2,1-2H3,(H,39,44)(H,40,45)(H,41,46). The van der Waals surface area contributed by atoms with Crippen molar-refractivity contribution >= 4 is 17.8 Å². The van der Waals surface area contributed by atoms with E-state index in [1.54, 1.807) is 0 Å². The van der Waals surface area contributed by atoms with Crippen LogP contribution in [-0.4, -0.2) is 159 Å². The molecule has 25 nitrogen and oxygen atoms in total. The second-order valence-corrected chi connectivity index (χ2v) is 15.2. The van der Waals surface area contributed by atoms with Gasteiger partial charge in [-0.05, 0) is 24.5 Å². The topological polar surface area (TPSA) is 444 Å². The lowest BCUT2D eigenvalue weighted by molar-refractivity contribution is -0.496. The Bertz CT molecular complexity index is 2040. The van der Waals surface area contributed by atoms with Gasteiger partial charge in [0.15, 0.2) is 12.4 Å². The Morgan fingerprint density at radius 2 is 1.21 bits per heavy atom. The number of hydrogen-bond donors (Lipinski definition) is 20. The zero-order valence-corrected chi connectivity index (χ0v) is 33.2.